The summed E-state index contributed by atoms with van der Waals surface area (Å²) in [5.74, 6) is -1.37. The monoisotopic (exact) mass is 470 g/mol. The number of hydrogen-bond acceptors (Lipinski definition) is 6. The highest BCUT2D eigenvalue weighted by atomic mass is 32.2. The van der Waals surface area contributed by atoms with Crippen LogP contribution in [0, 0.1) is 12.7 Å². The van der Waals surface area contributed by atoms with E-state index < -0.39 is 33.4 Å². The van der Waals surface area contributed by atoms with Crippen molar-refractivity contribution in [2.75, 3.05) is 5.32 Å². The van der Waals surface area contributed by atoms with Crippen LogP contribution in [-0.2, 0) is 14.6 Å². The number of halogens is 3. The molecule has 0 fully saturated rings. The molecule has 0 aliphatic rings. The predicted octanol–water partition coefficient (Wildman–Crippen LogP) is 4.66. The van der Waals surface area contributed by atoms with Crippen LogP contribution in [0.4, 0.5) is 18.3 Å². The number of rotatable bonds is 7. The van der Waals surface area contributed by atoms with Gasteiger partial charge in [0.1, 0.15) is 16.8 Å². The Morgan fingerprint density at radius 3 is 2.29 bits per heavy atom. The Bertz CT molecular complexity index is 1180. The maximum Gasteiger partial charge on any atom is 0.387 e. The molecule has 0 spiro atoms. The summed E-state index contributed by atoms with van der Waals surface area (Å²) in [5, 5.41) is 1.24. The Kier molecular flexibility index (Phi) is 6.65. The number of nitrogens with one attached hydrogen (secondary N) is 1. The molecule has 1 amide bonds. The Labute approximate surface area is 180 Å². The van der Waals surface area contributed by atoms with Gasteiger partial charge < -0.3 is 10.1 Å². The molecule has 3 aromatic rings. The molecule has 0 saturated heterocycles. The lowest BCUT2D eigenvalue weighted by atomic mass is 10.1. The second kappa shape index (κ2) is 9.06. The van der Waals surface area contributed by atoms with Gasteiger partial charge in [0, 0.05) is 10.4 Å². The van der Waals surface area contributed by atoms with Crippen LogP contribution in [0.5, 0.6) is 5.75 Å². The molecule has 164 valence electrons. The average molecular weight is 470 g/mol. The van der Waals surface area contributed by atoms with Gasteiger partial charge in [-0.3, -0.25) is 4.79 Å². The molecular formula is C20H17F3N2O4S2. The second-order valence-electron chi connectivity index (χ2n) is 6.46. The minimum atomic E-state index is -4.02. The zero-order chi connectivity index (χ0) is 22.8. The molecule has 0 radical (unpaired) electrons. The summed E-state index contributed by atoms with van der Waals surface area (Å²) in [6.45, 7) is 0.0593. The van der Waals surface area contributed by atoms with Crippen molar-refractivity contribution in [2.45, 2.75) is 30.6 Å². The zero-order valence-corrected chi connectivity index (χ0v) is 17.9. The molecule has 0 aliphatic heterocycles. The maximum atomic E-state index is 13.1. The smallest absolute Gasteiger partial charge is 0.387 e. The third-order valence-electron chi connectivity index (χ3n) is 4.36. The summed E-state index contributed by atoms with van der Waals surface area (Å²) < 4.78 is 67.1. The van der Waals surface area contributed by atoms with Gasteiger partial charge in [-0.1, -0.05) is 0 Å². The summed E-state index contributed by atoms with van der Waals surface area (Å²) in [6.07, 6.45) is 0. The first kappa shape index (κ1) is 22.8. The number of ether oxygens (including phenoxy) is 1. The minimum absolute atomic E-state index is 0.0000153. The molecule has 31 heavy (non-hydrogen) atoms. The minimum Gasteiger partial charge on any atom is -0.435 e. The Morgan fingerprint density at radius 2 is 1.71 bits per heavy atom. The topological polar surface area (TPSA) is 85.4 Å². The van der Waals surface area contributed by atoms with E-state index in [1.54, 1.807) is 19.1 Å². The fourth-order valence-corrected chi connectivity index (χ4v) is 4.79. The number of nitrogens with zero attached hydrogens (tertiary/aromatic N) is 1. The van der Waals surface area contributed by atoms with Gasteiger partial charge in [0.15, 0.2) is 15.0 Å². The number of alkyl halides is 2. The van der Waals surface area contributed by atoms with E-state index in [9.17, 15) is 26.4 Å². The van der Waals surface area contributed by atoms with Crippen molar-refractivity contribution in [2.24, 2.45) is 0 Å². The van der Waals surface area contributed by atoms with Crippen LogP contribution in [0.25, 0.3) is 11.3 Å². The van der Waals surface area contributed by atoms with Crippen molar-refractivity contribution in [3.8, 4) is 17.0 Å². The molecule has 1 unspecified atom stereocenters. The largest absolute Gasteiger partial charge is 0.435 e. The molecule has 1 atom stereocenters. The number of thiazole rings is 1. The Balaban J connectivity index is 1.76. The fourth-order valence-electron chi connectivity index (χ4n) is 2.69. The molecule has 0 bridgehead atoms. The molecule has 6 nitrogen and oxygen atoms in total. The third kappa shape index (κ3) is 5.23. The summed E-state index contributed by atoms with van der Waals surface area (Å²) in [7, 11) is -4.02. The number of aromatic nitrogens is 1. The normalized spacial score (nSPS) is 12.6. The summed E-state index contributed by atoms with van der Waals surface area (Å²) >= 11 is 1.14. The highest BCUT2D eigenvalue weighted by Crippen LogP contribution is 2.32. The second-order valence-corrected chi connectivity index (χ2v) is 9.93. The molecule has 1 heterocycles. The standard InChI is InChI=1S/C20H17F3N2O4S2/c1-11-17(13-3-7-15(8-4-13)29-19(22)23)24-20(30-11)25-18(26)12(2)31(27,28)16-9-5-14(21)6-10-16/h3-10,12,19H,1-2H3,(H,24,25,26). The third-order valence-corrected chi connectivity index (χ3v) is 7.32. The van der Waals surface area contributed by atoms with Gasteiger partial charge in [-0.2, -0.15) is 8.78 Å². The van der Waals surface area contributed by atoms with Gasteiger partial charge in [0.25, 0.3) is 0 Å². The van der Waals surface area contributed by atoms with Gasteiger partial charge in [0.05, 0.1) is 10.6 Å². The first-order chi connectivity index (χ1) is 14.6. The molecule has 1 aromatic heterocycles. The SMILES string of the molecule is Cc1sc(NC(=O)C(C)S(=O)(=O)c2ccc(F)cc2)nc1-c1ccc(OC(F)F)cc1. The lowest BCUT2D eigenvalue weighted by Gasteiger charge is -2.12. The molecule has 0 saturated carbocycles. The van der Waals surface area contributed by atoms with Crippen LogP contribution in [0.1, 0.15) is 11.8 Å². The van der Waals surface area contributed by atoms with E-state index in [1.807, 2.05) is 0 Å². The number of benzene rings is 2. The average Bonchev–Trinajstić information content (AvgIpc) is 3.07. The van der Waals surface area contributed by atoms with E-state index in [1.165, 1.54) is 19.1 Å². The quantitative estimate of drug-likeness (QED) is 0.508. The van der Waals surface area contributed by atoms with Crippen LogP contribution >= 0.6 is 11.3 Å². The van der Waals surface area contributed by atoms with E-state index in [4.69, 9.17) is 0 Å². The van der Waals surface area contributed by atoms with Gasteiger partial charge in [0.2, 0.25) is 5.91 Å². The van der Waals surface area contributed by atoms with Crippen LogP contribution in [0.3, 0.4) is 0 Å². The van der Waals surface area contributed by atoms with Gasteiger partial charge in [-0.25, -0.2) is 17.8 Å². The van der Waals surface area contributed by atoms with Gasteiger partial charge in [-0.05, 0) is 62.4 Å². The number of carbonyl (C=O) groups excluding carboxylic acids is 1. The van der Waals surface area contributed by atoms with Crippen LogP contribution in [0.2, 0.25) is 0 Å². The highest BCUT2D eigenvalue weighted by Gasteiger charge is 2.30. The van der Waals surface area contributed by atoms with E-state index in [0.29, 0.717) is 11.3 Å². The highest BCUT2D eigenvalue weighted by molar-refractivity contribution is 7.92. The van der Waals surface area contributed by atoms with Crippen molar-refractivity contribution in [3.63, 3.8) is 0 Å². The van der Waals surface area contributed by atoms with E-state index in [-0.39, 0.29) is 15.8 Å². The molecule has 2 aromatic carbocycles. The number of anilines is 1. The van der Waals surface area contributed by atoms with Crippen molar-refractivity contribution >= 4 is 32.2 Å². The predicted molar refractivity (Wildman–Crippen MR) is 111 cm³/mol. The summed E-state index contributed by atoms with van der Waals surface area (Å²) in [4.78, 5) is 17.4. The first-order valence-electron chi connectivity index (χ1n) is 8.91. The van der Waals surface area contributed by atoms with Gasteiger partial charge >= 0.3 is 6.61 Å². The van der Waals surface area contributed by atoms with Crippen molar-refractivity contribution in [1.29, 1.82) is 0 Å². The van der Waals surface area contributed by atoms with Crippen molar-refractivity contribution in [1.82, 2.24) is 4.98 Å². The van der Waals surface area contributed by atoms with Crippen LogP contribution in [0.15, 0.2) is 53.4 Å². The lowest BCUT2D eigenvalue weighted by molar-refractivity contribution is -0.115. The summed E-state index contributed by atoms with van der Waals surface area (Å²) in [6, 6.07) is 10.0. The Morgan fingerprint density at radius 1 is 1.10 bits per heavy atom. The first-order valence-corrected chi connectivity index (χ1v) is 11.3. The molecule has 3 rings (SSSR count). The number of hydrogen-bond donors (Lipinski definition) is 1. The van der Waals surface area contributed by atoms with Crippen LogP contribution in [-0.4, -0.2) is 31.2 Å². The molecule has 11 heteroatoms. The van der Waals surface area contributed by atoms with Crippen LogP contribution < -0.4 is 10.1 Å². The fraction of sp³-hybridized carbons (Fsp3) is 0.200. The lowest BCUT2D eigenvalue weighted by Crippen LogP contribution is -2.32. The molecular weight excluding hydrogens is 453 g/mol. The van der Waals surface area contributed by atoms with Crippen molar-refractivity contribution in [3.05, 3.63) is 59.2 Å². The van der Waals surface area contributed by atoms with E-state index in [0.717, 1.165) is 40.5 Å². The number of carbonyl (C=O) groups is 1. The molecule has 0 aliphatic carbocycles. The zero-order valence-electron chi connectivity index (χ0n) is 16.3. The number of aryl methyl sites for hydroxylation is 1. The van der Waals surface area contributed by atoms with Gasteiger partial charge in [-0.15, -0.1) is 11.3 Å². The Hall–Kier alpha value is -2.92. The van der Waals surface area contributed by atoms with E-state index >= 15 is 0 Å². The maximum absolute atomic E-state index is 13.1. The summed E-state index contributed by atoms with van der Waals surface area (Å²) in [5.41, 5.74) is 1.13. The number of amides is 1. The van der Waals surface area contributed by atoms with Crippen molar-refractivity contribution < 1.29 is 31.1 Å². The molecule has 1 N–H and O–H groups in total. The number of sulfone groups is 1. The van der Waals surface area contributed by atoms with E-state index in [2.05, 4.69) is 15.0 Å².